The molecule has 0 aromatic carbocycles. The van der Waals surface area contributed by atoms with E-state index >= 15 is 0 Å². The van der Waals surface area contributed by atoms with E-state index in [9.17, 15) is 0 Å². The van der Waals surface area contributed by atoms with E-state index in [1.54, 1.807) is 0 Å². The molecule has 4 aliphatic rings. The van der Waals surface area contributed by atoms with E-state index < -0.39 is 0 Å². The van der Waals surface area contributed by atoms with Gasteiger partial charge in [0.05, 0.1) is 6.61 Å². The van der Waals surface area contributed by atoms with Crippen LogP contribution in [0, 0.1) is 11.3 Å². The van der Waals surface area contributed by atoms with Gasteiger partial charge in [0.15, 0.2) is 0 Å². The molecule has 20 heavy (non-hydrogen) atoms. The van der Waals surface area contributed by atoms with Gasteiger partial charge in [0, 0.05) is 43.7 Å². The van der Waals surface area contributed by atoms with Gasteiger partial charge in [-0.3, -0.25) is 4.90 Å². The Hall–Kier alpha value is -0.120. The fourth-order valence-corrected chi connectivity index (χ4v) is 3.72. The summed E-state index contributed by atoms with van der Waals surface area (Å²) >= 11 is 0. The minimum atomic E-state index is 0.401. The van der Waals surface area contributed by atoms with Gasteiger partial charge in [0.2, 0.25) is 0 Å². The summed E-state index contributed by atoms with van der Waals surface area (Å²) in [7, 11) is 0. The molecule has 0 amide bonds. The van der Waals surface area contributed by atoms with E-state index in [4.69, 9.17) is 4.74 Å². The zero-order chi connectivity index (χ0) is 13.4. The fraction of sp³-hybridized carbons (Fsp3) is 1.00. The third-order valence-corrected chi connectivity index (χ3v) is 5.54. The summed E-state index contributed by atoms with van der Waals surface area (Å²) < 4.78 is 5.89. The maximum atomic E-state index is 5.89. The lowest BCUT2D eigenvalue weighted by Gasteiger charge is -2.41. The maximum Gasteiger partial charge on any atom is 0.0546 e. The summed E-state index contributed by atoms with van der Waals surface area (Å²) in [5.74, 6) is 1.02. The molecule has 1 aliphatic heterocycles. The smallest absolute Gasteiger partial charge is 0.0546 e. The van der Waals surface area contributed by atoms with E-state index in [0.29, 0.717) is 5.41 Å². The second kappa shape index (κ2) is 5.58. The second-order valence-corrected chi connectivity index (χ2v) is 7.92. The maximum absolute atomic E-state index is 5.89. The van der Waals surface area contributed by atoms with Crippen molar-refractivity contribution in [2.24, 2.45) is 11.3 Å². The van der Waals surface area contributed by atoms with Crippen LogP contribution in [-0.2, 0) is 4.74 Å². The fourth-order valence-electron chi connectivity index (χ4n) is 3.72. The number of nitrogens with one attached hydrogen (secondary N) is 1. The van der Waals surface area contributed by atoms with Crippen molar-refractivity contribution in [3.05, 3.63) is 0 Å². The third kappa shape index (κ3) is 3.55. The van der Waals surface area contributed by atoms with Gasteiger partial charge in [-0.05, 0) is 57.3 Å². The normalized spacial score (nSPS) is 34.6. The van der Waals surface area contributed by atoms with Crippen molar-refractivity contribution in [3.8, 4) is 0 Å². The average Bonchev–Trinajstić information content (AvgIpc) is 3.29. The van der Waals surface area contributed by atoms with Crippen LogP contribution in [0.3, 0.4) is 0 Å². The number of rotatable bonds is 8. The molecule has 3 aliphatic carbocycles. The molecule has 114 valence electrons. The highest BCUT2D eigenvalue weighted by Crippen LogP contribution is 2.38. The van der Waals surface area contributed by atoms with Gasteiger partial charge >= 0.3 is 0 Å². The summed E-state index contributed by atoms with van der Waals surface area (Å²) in [6.45, 7) is 5.81. The summed E-state index contributed by atoms with van der Waals surface area (Å²) in [5.41, 5.74) is 0.401. The van der Waals surface area contributed by atoms with Gasteiger partial charge in [-0.25, -0.2) is 0 Å². The van der Waals surface area contributed by atoms with Crippen molar-refractivity contribution in [3.63, 3.8) is 0 Å². The Morgan fingerprint density at radius 3 is 2.55 bits per heavy atom. The highest BCUT2D eigenvalue weighted by atomic mass is 16.5. The molecule has 1 N–H and O–H groups in total. The summed E-state index contributed by atoms with van der Waals surface area (Å²) in [6.07, 6.45) is 11.3. The molecule has 0 aromatic heterocycles. The van der Waals surface area contributed by atoms with Crippen LogP contribution in [0.25, 0.3) is 0 Å². The zero-order valence-corrected chi connectivity index (χ0v) is 12.8. The van der Waals surface area contributed by atoms with E-state index in [1.807, 2.05) is 0 Å². The lowest BCUT2D eigenvalue weighted by atomic mass is 9.81. The minimum absolute atomic E-state index is 0.401. The zero-order valence-electron chi connectivity index (χ0n) is 12.8. The van der Waals surface area contributed by atoms with Gasteiger partial charge in [0.1, 0.15) is 0 Å². The van der Waals surface area contributed by atoms with Gasteiger partial charge in [-0.15, -0.1) is 0 Å². The van der Waals surface area contributed by atoms with Crippen LogP contribution >= 0.6 is 0 Å². The number of hydrogen-bond donors (Lipinski definition) is 1. The Kier molecular flexibility index (Phi) is 3.78. The van der Waals surface area contributed by atoms with Crippen LogP contribution in [0.4, 0.5) is 0 Å². The SMILES string of the molecule is C1COCC(CNC2CC2)(CN(CC2CC2)C2CC2)C1. The van der Waals surface area contributed by atoms with Crippen LogP contribution in [0.15, 0.2) is 0 Å². The molecule has 3 nitrogen and oxygen atoms in total. The first-order chi connectivity index (χ1) is 9.83. The van der Waals surface area contributed by atoms with E-state index in [-0.39, 0.29) is 0 Å². The Labute approximate surface area is 123 Å². The molecular weight excluding hydrogens is 248 g/mol. The number of ether oxygens (including phenoxy) is 1. The van der Waals surface area contributed by atoms with Crippen molar-refractivity contribution >= 4 is 0 Å². The van der Waals surface area contributed by atoms with Crippen molar-refractivity contribution in [1.82, 2.24) is 10.2 Å². The lowest BCUT2D eigenvalue weighted by molar-refractivity contribution is -0.0284. The Morgan fingerprint density at radius 1 is 1.10 bits per heavy atom. The minimum Gasteiger partial charge on any atom is -0.381 e. The quantitative estimate of drug-likeness (QED) is 0.738. The molecule has 4 rings (SSSR count). The van der Waals surface area contributed by atoms with Crippen LogP contribution in [0.2, 0.25) is 0 Å². The Balaban J connectivity index is 1.38. The van der Waals surface area contributed by atoms with Crippen LogP contribution < -0.4 is 5.32 Å². The largest absolute Gasteiger partial charge is 0.381 e. The van der Waals surface area contributed by atoms with Crippen molar-refractivity contribution in [2.75, 3.05) is 32.8 Å². The predicted molar refractivity (Wildman–Crippen MR) is 80.8 cm³/mol. The molecule has 3 heteroatoms. The molecule has 1 unspecified atom stereocenters. The van der Waals surface area contributed by atoms with E-state index in [0.717, 1.165) is 31.2 Å². The monoisotopic (exact) mass is 278 g/mol. The van der Waals surface area contributed by atoms with Gasteiger partial charge in [0.25, 0.3) is 0 Å². The molecular formula is C17H30N2O. The molecule has 3 saturated carbocycles. The highest BCUT2D eigenvalue weighted by molar-refractivity contribution is 4.96. The molecule has 1 heterocycles. The second-order valence-electron chi connectivity index (χ2n) is 7.92. The van der Waals surface area contributed by atoms with E-state index in [2.05, 4.69) is 10.2 Å². The Morgan fingerprint density at radius 2 is 1.95 bits per heavy atom. The van der Waals surface area contributed by atoms with Crippen molar-refractivity contribution < 1.29 is 4.74 Å². The summed E-state index contributed by atoms with van der Waals surface area (Å²) in [6, 6.07) is 1.74. The summed E-state index contributed by atoms with van der Waals surface area (Å²) in [5, 5.41) is 3.79. The molecule has 1 saturated heterocycles. The van der Waals surface area contributed by atoms with Crippen molar-refractivity contribution in [1.29, 1.82) is 0 Å². The van der Waals surface area contributed by atoms with Gasteiger partial charge in [-0.1, -0.05) is 0 Å². The molecule has 1 atom stereocenters. The molecule has 0 bridgehead atoms. The standard InChI is InChI=1S/C17H30N2O/c1-8-17(13-20-9-1,11-18-15-4-5-15)12-19(16-6-7-16)10-14-2-3-14/h14-16,18H,1-13H2. The first-order valence-electron chi connectivity index (χ1n) is 8.88. The Bertz CT molecular complexity index is 328. The third-order valence-electron chi connectivity index (χ3n) is 5.54. The van der Waals surface area contributed by atoms with E-state index in [1.165, 1.54) is 71.0 Å². The van der Waals surface area contributed by atoms with Crippen molar-refractivity contribution in [2.45, 2.75) is 63.5 Å². The molecule has 4 fully saturated rings. The van der Waals surface area contributed by atoms with Crippen LogP contribution in [0.5, 0.6) is 0 Å². The predicted octanol–water partition coefficient (Wildman–Crippen LogP) is 2.41. The molecule has 0 spiro atoms. The topological polar surface area (TPSA) is 24.5 Å². The molecule has 0 radical (unpaired) electrons. The lowest BCUT2D eigenvalue weighted by Crippen LogP contribution is -2.50. The van der Waals surface area contributed by atoms with Crippen LogP contribution in [0.1, 0.15) is 51.4 Å². The first-order valence-corrected chi connectivity index (χ1v) is 8.88. The first kappa shape index (κ1) is 13.5. The average molecular weight is 278 g/mol. The number of nitrogens with zero attached hydrogens (tertiary/aromatic N) is 1. The van der Waals surface area contributed by atoms with Crippen LogP contribution in [-0.4, -0.2) is 49.8 Å². The number of hydrogen-bond acceptors (Lipinski definition) is 3. The molecule has 0 aromatic rings. The van der Waals surface area contributed by atoms with Gasteiger partial charge < -0.3 is 10.1 Å². The summed E-state index contributed by atoms with van der Waals surface area (Å²) in [4.78, 5) is 2.83. The highest BCUT2D eigenvalue weighted by Gasteiger charge is 2.41. The van der Waals surface area contributed by atoms with Gasteiger partial charge in [-0.2, -0.15) is 0 Å².